The molecule has 1 amide bonds. The monoisotopic (exact) mass is 357 g/mol. The van der Waals surface area contributed by atoms with Crippen molar-refractivity contribution >= 4 is 17.8 Å². The molecule has 1 aliphatic heterocycles. The lowest BCUT2D eigenvalue weighted by Gasteiger charge is -2.07. The number of carbonyl (C=O) groups excluding carboxylic acids is 1. The van der Waals surface area contributed by atoms with Gasteiger partial charge in [-0.15, -0.1) is 0 Å². The summed E-state index contributed by atoms with van der Waals surface area (Å²) in [5, 5.41) is 6.94. The maximum Gasteiger partial charge on any atom is 0.259 e. The quantitative estimate of drug-likeness (QED) is 0.582. The van der Waals surface area contributed by atoms with E-state index in [4.69, 9.17) is 18.9 Å². The number of fused-ring (bicyclic) bond motifs is 1. The molecule has 136 valence electrons. The third-order valence-corrected chi connectivity index (χ3v) is 3.63. The van der Waals surface area contributed by atoms with Crippen molar-refractivity contribution in [3.05, 3.63) is 42.0 Å². The molecular formula is C18H19N3O5. The zero-order valence-corrected chi connectivity index (χ0v) is 14.4. The van der Waals surface area contributed by atoms with Gasteiger partial charge < -0.3 is 24.3 Å². The lowest BCUT2D eigenvalue weighted by atomic mass is 10.2. The second-order valence-electron chi connectivity index (χ2n) is 5.33. The van der Waals surface area contributed by atoms with Gasteiger partial charge in [-0.25, -0.2) is 5.43 Å². The largest absolute Gasteiger partial charge is 0.497 e. The van der Waals surface area contributed by atoms with E-state index in [-0.39, 0.29) is 19.2 Å². The van der Waals surface area contributed by atoms with Gasteiger partial charge >= 0.3 is 0 Å². The predicted octanol–water partition coefficient (Wildman–Crippen LogP) is 1.99. The molecule has 0 atom stereocenters. The number of ether oxygens (including phenoxy) is 4. The molecule has 0 radical (unpaired) electrons. The minimum Gasteiger partial charge on any atom is -0.497 e. The normalized spacial score (nSPS) is 12.1. The number of anilines is 1. The van der Waals surface area contributed by atoms with Crippen molar-refractivity contribution in [1.82, 2.24) is 5.43 Å². The van der Waals surface area contributed by atoms with Crippen LogP contribution < -0.4 is 29.7 Å². The Kier molecular flexibility index (Phi) is 5.43. The van der Waals surface area contributed by atoms with Crippen LogP contribution in [0.2, 0.25) is 0 Å². The first kappa shape index (κ1) is 17.4. The molecule has 0 saturated carbocycles. The first-order chi connectivity index (χ1) is 12.7. The summed E-state index contributed by atoms with van der Waals surface area (Å²) in [6.07, 6.45) is 1.51. The number of hydrazone groups is 1. The molecule has 0 saturated heterocycles. The van der Waals surface area contributed by atoms with Crippen LogP contribution in [0.25, 0.3) is 0 Å². The summed E-state index contributed by atoms with van der Waals surface area (Å²) in [5.74, 6) is 2.18. The van der Waals surface area contributed by atoms with Crippen LogP contribution in [0.3, 0.4) is 0 Å². The van der Waals surface area contributed by atoms with Gasteiger partial charge in [-0.05, 0) is 36.4 Å². The summed E-state index contributed by atoms with van der Waals surface area (Å²) >= 11 is 0. The summed E-state index contributed by atoms with van der Waals surface area (Å²) < 4.78 is 21.0. The average molecular weight is 357 g/mol. The van der Waals surface area contributed by atoms with E-state index in [9.17, 15) is 4.79 Å². The van der Waals surface area contributed by atoms with E-state index >= 15 is 0 Å². The summed E-state index contributed by atoms with van der Waals surface area (Å²) in [7, 11) is 3.15. The molecule has 0 aliphatic carbocycles. The predicted molar refractivity (Wildman–Crippen MR) is 96.3 cm³/mol. The molecule has 0 unspecified atom stereocenters. The lowest BCUT2D eigenvalue weighted by molar-refractivity contribution is -0.119. The molecule has 0 aromatic heterocycles. The fourth-order valence-corrected chi connectivity index (χ4v) is 2.33. The highest BCUT2D eigenvalue weighted by Crippen LogP contribution is 2.41. The number of benzene rings is 2. The SMILES string of the molecule is COc1ccc(NCC(=O)N/N=C\c2cc(OC)c3c(c2)OCO3)cc1. The van der Waals surface area contributed by atoms with Gasteiger partial charge in [0.15, 0.2) is 11.5 Å². The van der Waals surface area contributed by atoms with Crippen LogP contribution in [-0.2, 0) is 4.79 Å². The second kappa shape index (κ2) is 8.11. The zero-order chi connectivity index (χ0) is 18.4. The first-order valence-corrected chi connectivity index (χ1v) is 7.87. The Labute approximate surface area is 150 Å². The highest BCUT2D eigenvalue weighted by atomic mass is 16.7. The molecule has 2 N–H and O–H groups in total. The van der Waals surface area contributed by atoms with Gasteiger partial charge in [0, 0.05) is 11.3 Å². The molecule has 8 nitrogen and oxygen atoms in total. The van der Waals surface area contributed by atoms with Gasteiger partial charge in [-0.1, -0.05) is 0 Å². The average Bonchev–Trinajstić information content (AvgIpc) is 3.14. The summed E-state index contributed by atoms with van der Waals surface area (Å²) in [5.41, 5.74) is 3.99. The molecule has 0 fully saturated rings. The number of nitrogens with one attached hydrogen (secondary N) is 2. The topological polar surface area (TPSA) is 90.4 Å². The summed E-state index contributed by atoms with van der Waals surface area (Å²) in [4.78, 5) is 11.9. The van der Waals surface area contributed by atoms with E-state index < -0.39 is 0 Å². The van der Waals surface area contributed by atoms with Gasteiger partial charge in [0.05, 0.1) is 27.0 Å². The lowest BCUT2D eigenvalue weighted by Crippen LogP contribution is -2.25. The van der Waals surface area contributed by atoms with Crippen molar-refractivity contribution in [2.24, 2.45) is 5.10 Å². The van der Waals surface area contributed by atoms with Crippen molar-refractivity contribution in [2.45, 2.75) is 0 Å². The van der Waals surface area contributed by atoms with Crippen LogP contribution in [0.15, 0.2) is 41.5 Å². The fourth-order valence-electron chi connectivity index (χ4n) is 2.33. The zero-order valence-electron chi connectivity index (χ0n) is 14.4. The number of rotatable bonds is 7. The molecule has 2 aromatic rings. The first-order valence-electron chi connectivity index (χ1n) is 7.87. The Morgan fingerprint density at radius 1 is 1.19 bits per heavy atom. The molecule has 8 heteroatoms. The van der Waals surface area contributed by atoms with Crippen molar-refractivity contribution in [2.75, 3.05) is 32.9 Å². The molecule has 0 spiro atoms. The molecule has 1 heterocycles. The van der Waals surface area contributed by atoms with Crippen molar-refractivity contribution in [3.63, 3.8) is 0 Å². The van der Waals surface area contributed by atoms with E-state index in [1.54, 1.807) is 26.4 Å². The Bertz CT molecular complexity index is 805. The molecule has 0 bridgehead atoms. The minimum absolute atomic E-state index is 0.0914. The molecule has 3 rings (SSSR count). The van der Waals surface area contributed by atoms with Crippen LogP contribution in [0.4, 0.5) is 5.69 Å². The van der Waals surface area contributed by atoms with Gasteiger partial charge in [0.2, 0.25) is 12.5 Å². The number of nitrogens with zero attached hydrogens (tertiary/aromatic N) is 1. The number of hydrogen-bond donors (Lipinski definition) is 2. The van der Waals surface area contributed by atoms with Gasteiger partial charge in [-0.2, -0.15) is 5.10 Å². The maximum atomic E-state index is 11.9. The number of hydrogen-bond acceptors (Lipinski definition) is 7. The Morgan fingerprint density at radius 3 is 2.73 bits per heavy atom. The Balaban J connectivity index is 1.52. The Hall–Kier alpha value is -3.42. The standard InChI is InChI=1S/C18H19N3O5/c1-23-14-5-3-13(4-6-14)19-10-17(22)21-20-9-12-7-15(24-2)18-16(8-12)25-11-26-18/h3-9,19H,10-11H2,1-2H3,(H,21,22)/b20-9-. The molecule has 1 aliphatic rings. The highest BCUT2D eigenvalue weighted by molar-refractivity contribution is 5.85. The van der Waals surface area contributed by atoms with E-state index in [2.05, 4.69) is 15.8 Å². The van der Waals surface area contributed by atoms with Crippen molar-refractivity contribution in [3.8, 4) is 23.0 Å². The van der Waals surface area contributed by atoms with E-state index in [1.807, 2.05) is 24.3 Å². The molecule has 26 heavy (non-hydrogen) atoms. The Morgan fingerprint density at radius 2 is 2.00 bits per heavy atom. The number of carbonyl (C=O) groups is 1. The van der Waals surface area contributed by atoms with Crippen molar-refractivity contribution in [1.29, 1.82) is 0 Å². The fraction of sp³-hybridized carbons (Fsp3) is 0.222. The molecule has 2 aromatic carbocycles. The van der Waals surface area contributed by atoms with E-state index in [1.165, 1.54) is 6.21 Å². The van der Waals surface area contributed by atoms with E-state index in [0.717, 1.165) is 17.0 Å². The van der Waals surface area contributed by atoms with Crippen LogP contribution in [0.1, 0.15) is 5.56 Å². The van der Waals surface area contributed by atoms with Gasteiger partial charge in [0.25, 0.3) is 5.91 Å². The maximum absolute atomic E-state index is 11.9. The summed E-state index contributed by atoms with van der Waals surface area (Å²) in [6, 6.07) is 10.8. The van der Waals surface area contributed by atoms with Crippen LogP contribution in [0, 0.1) is 0 Å². The number of amides is 1. The molecular weight excluding hydrogens is 338 g/mol. The van der Waals surface area contributed by atoms with Crippen LogP contribution in [-0.4, -0.2) is 39.7 Å². The van der Waals surface area contributed by atoms with Crippen molar-refractivity contribution < 1.29 is 23.7 Å². The van der Waals surface area contributed by atoms with Crippen LogP contribution in [0.5, 0.6) is 23.0 Å². The van der Waals surface area contributed by atoms with E-state index in [0.29, 0.717) is 17.2 Å². The number of methoxy groups -OCH3 is 2. The third kappa shape index (κ3) is 4.15. The minimum atomic E-state index is -0.273. The van der Waals surface area contributed by atoms with Crippen LogP contribution >= 0.6 is 0 Å². The second-order valence-corrected chi connectivity index (χ2v) is 5.33. The third-order valence-electron chi connectivity index (χ3n) is 3.63. The highest BCUT2D eigenvalue weighted by Gasteiger charge is 2.19. The summed E-state index contributed by atoms with van der Waals surface area (Å²) in [6.45, 7) is 0.244. The van der Waals surface area contributed by atoms with Gasteiger partial charge in [-0.3, -0.25) is 4.79 Å². The van der Waals surface area contributed by atoms with Gasteiger partial charge in [0.1, 0.15) is 5.75 Å². The smallest absolute Gasteiger partial charge is 0.259 e.